The van der Waals surface area contributed by atoms with Gasteiger partial charge in [-0.05, 0) is 29.8 Å². The molecule has 8 nitrogen and oxygen atoms in total. The first-order valence-corrected chi connectivity index (χ1v) is 10.5. The van der Waals surface area contributed by atoms with E-state index in [-0.39, 0.29) is 6.03 Å². The zero-order chi connectivity index (χ0) is 21.8. The van der Waals surface area contributed by atoms with E-state index in [1.807, 2.05) is 24.3 Å². The maximum Gasteiger partial charge on any atom is 0.338 e. The highest BCUT2D eigenvalue weighted by molar-refractivity contribution is 6.30. The van der Waals surface area contributed by atoms with Gasteiger partial charge >= 0.3 is 12.0 Å². The van der Waals surface area contributed by atoms with Crippen molar-refractivity contribution in [3.05, 3.63) is 70.5 Å². The topological polar surface area (TPSA) is 86.8 Å². The summed E-state index contributed by atoms with van der Waals surface area (Å²) < 4.78 is 5.05. The Morgan fingerprint density at radius 1 is 1.19 bits per heavy atom. The van der Waals surface area contributed by atoms with Crippen molar-refractivity contribution in [3.63, 3.8) is 0 Å². The summed E-state index contributed by atoms with van der Waals surface area (Å²) in [6.45, 7) is 3.60. The summed E-state index contributed by atoms with van der Waals surface area (Å²) in [6.07, 6.45) is 1.79. The lowest BCUT2D eigenvalue weighted by Gasteiger charge is -2.37. The molecule has 3 heterocycles. The maximum atomic E-state index is 12.7. The summed E-state index contributed by atoms with van der Waals surface area (Å²) in [7, 11) is 1.34. The SMILES string of the molecule is COC(=O)C1=C(CN2CCN(c3ccccn3)CC2)NC(=O)N[C@H]1c1cccc(Cl)c1. The molecule has 1 saturated heterocycles. The molecule has 162 valence electrons. The van der Waals surface area contributed by atoms with Gasteiger partial charge in [-0.3, -0.25) is 4.90 Å². The van der Waals surface area contributed by atoms with Crippen molar-refractivity contribution in [3.8, 4) is 0 Å². The van der Waals surface area contributed by atoms with Crippen LogP contribution < -0.4 is 15.5 Å². The van der Waals surface area contributed by atoms with Crippen molar-refractivity contribution in [2.45, 2.75) is 6.04 Å². The Bertz CT molecular complexity index is 990. The second kappa shape index (κ2) is 9.36. The minimum absolute atomic E-state index is 0.361. The van der Waals surface area contributed by atoms with Crippen LogP contribution in [0.5, 0.6) is 0 Å². The summed E-state index contributed by atoms with van der Waals surface area (Å²) in [5, 5.41) is 6.16. The van der Waals surface area contributed by atoms with E-state index in [9.17, 15) is 9.59 Å². The molecule has 2 aliphatic rings. The fourth-order valence-electron chi connectivity index (χ4n) is 3.93. The molecule has 1 aromatic heterocycles. The van der Waals surface area contributed by atoms with Gasteiger partial charge in [0.1, 0.15) is 5.82 Å². The van der Waals surface area contributed by atoms with Gasteiger partial charge in [0.2, 0.25) is 0 Å². The first-order chi connectivity index (χ1) is 15.0. The number of piperazine rings is 1. The molecule has 1 fully saturated rings. The number of hydrogen-bond acceptors (Lipinski definition) is 6. The van der Waals surface area contributed by atoms with E-state index < -0.39 is 12.0 Å². The highest BCUT2D eigenvalue weighted by atomic mass is 35.5. The number of halogens is 1. The van der Waals surface area contributed by atoms with Crippen LogP contribution in [0.3, 0.4) is 0 Å². The summed E-state index contributed by atoms with van der Waals surface area (Å²) in [5.41, 5.74) is 1.66. The van der Waals surface area contributed by atoms with Gasteiger partial charge in [0.15, 0.2) is 0 Å². The van der Waals surface area contributed by atoms with Crippen molar-refractivity contribution in [1.29, 1.82) is 0 Å². The Morgan fingerprint density at radius 2 is 2.00 bits per heavy atom. The molecule has 0 spiro atoms. The predicted octanol–water partition coefficient (Wildman–Crippen LogP) is 2.34. The van der Waals surface area contributed by atoms with Gasteiger partial charge in [0.05, 0.1) is 18.7 Å². The molecular formula is C22H24ClN5O3. The van der Waals surface area contributed by atoms with Crippen molar-refractivity contribution >= 4 is 29.4 Å². The standard InChI is InChI=1S/C22H24ClN5O3/c1-31-21(29)19-17(25-22(30)26-20(19)15-5-4-6-16(23)13-15)14-27-9-11-28(12-10-27)18-7-2-3-8-24-18/h2-8,13,20H,9-12,14H2,1H3,(H2,25,26,30)/t20-/m0/s1. The van der Waals surface area contributed by atoms with Crippen LogP contribution in [-0.2, 0) is 9.53 Å². The maximum absolute atomic E-state index is 12.7. The molecule has 0 radical (unpaired) electrons. The summed E-state index contributed by atoms with van der Waals surface area (Å²) >= 11 is 6.14. The van der Waals surface area contributed by atoms with Crippen LogP contribution in [0.1, 0.15) is 11.6 Å². The Kier molecular flexibility index (Phi) is 6.39. The number of ether oxygens (including phenoxy) is 1. The third kappa shape index (κ3) is 4.81. The number of carbonyl (C=O) groups is 2. The third-order valence-corrected chi connectivity index (χ3v) is 5.70. The monoisotopic (exact) mass is 441 g/mol. The average molecular weight is 442 g/mol. The average Bonchev–Trinajstić information content (AvgIpc) is 2.79. The lowest BCUT2D eigenvalue weighted by Crippen LogP contribution is -2.51. The summed E-state index contributed by atoms with van der Waals surface area (Å²) in [5.74, 6) is 0.465. The zero-order valence-corrected chi connectivity index (χ0v) is 17.9. The number of benzene rings is 1. The van der Waals surface area contributed by atoms with Crippen molar-refractivity contribution < 1.29 is 14.3 Å². The number of nitrogens with zero attached hydrogens (tertiary/aromatic N) is 3. The Hall–Kier alpha value is -3.10. The van der Waals surface area contributed by atoms with Crippen LogP contribution >= 0.6 is 11.6 Å². The van der Waals surface area contributed by atoms with Crippen LogP contribution in [0.25, 0.3) is 0 Å². The number of carbonyl (C=O) groups excluding carboxylic acids is 2. The molecule has 9 heteroatoms. The van der Waals surface area contributed by atoms with Crippen LogP contribution in [0.4, 0.5) is 10.6 Å². The van der Waals surface area contributed by atoms with Gasteiger partial charge in [-0.1, -0.05) is 29.8 Å². The molecule has 0 aliphatic carbocycles. The molecule has 2 aliphatic heterocycles. The molecule has 0 unspecified atom stereocenters. The number of pyridine rings is 1. The number of urea groups is 1. The minimum Gasteiger partial charge on any atom is -0.466 e. The zero-order valence-electron chi connectivity index (χ0n) is 17.2. The van der Waals surface area contributed by atoms with Crippen LogP contribution in [0, 0.1) is 0 Å². The number of esters is 1. The van der Waals surface area contributed by atoms with Gasteiger partial charge < -0.3 is 20.3 Å². The summed E-state index contributed by atoms with van der Waals surface area (Å²) in [4.78, 5) is 33.9. The van der Waals surface area contributed by atoms with Crippen molar-refractivity contribution in [1.82, 2.24) is 20.5 Å². The van der Waals surface area contributed by atoms with E-state index in [1.165, 1.54) is 7.11 Å². The number of amides is 2. The highest BCUT2D eigenvalue weighted by Crippen LogP contribution is 2.29. The normalized spacial score (nSPS) is 19.6. The Morgan fingerprint density at radius 3 is 2.68 bits per heavy atom. The van der Waals surface area contributed by atoms with Crippen LogP contribution in [-0.4, -0.2) is 61.7 Å². The van der Waals surface area contributed by atoms with Crippen molar-refractivity contribution in [2.24, 2.45) is 0 Å². The lowest BCUT2D eigenvalue weighted by molar-refractivity contribution is -0.136. The second-order valence-corrected chi connectivity index (χ2v) is 7.86. The first kappa shape index (κ1) is 21.1. The van der Waals surface area contributed by atoms with E-state index in [1.54, 1.807) is 24.4 Å². The molecule has 4 rings (SSSR count). The smallest absolute Gasteiger partial charge is 0.338 e. The lowest BCUT2D eigenvalue weighted by atomic mass is 9.95. The highest BCUT2D eigenvalue weighted by Gasteiger charge is 2.34. The molecule has 0 bridgehead atoms. The Balaban J connectivity index is 1.55. The molecule has 2 amide bonds. The Labute approximate surface area is 185 Å². The number of aromatic nitrogens is 1. The fourth-order valence-corrected chi connectivity index (χ4v) is 4.13. The van der Waals surface area contributed by atoms with Gasteiger partial charge in [0.25, 0.3) is 0 Å². The molecule has 1 aromatic carbocycles. The predicted molar refractivity (Wildman–Crippen MR) is 118 cm³/mol. The molecule has 2 aromatic rings. The largest absolute Gasteiger partial charge is 0.466 e. The molecule has 0 saturated carbocycles. The van der Waals surface area contributed by atoms with Gasteiger partial charge in [-0.2, -0.15) is 0 Å². The first-order valence-electron chi connectivity index (χ1n) is 10.1. The van der Waals surface area contributed by atoms with Gasteiger partial charge in [0, 0.05) is 49.6 Å². The quantitative estimate of drug-likeness (QED) is 0.692. The number of nitrogens with one attached hydrogen (secondary N) is 2. The molecule has 31 heavy (non-hydrogen) atoms. The van der Waals surface area contributed by atoms with Crippen LogP contribution in [0.2, 0.25) is 5.02 Å². The van der Waals surface area contributed by atoms with E-state index in [4.69, 9.17) is 16.3 Å². The van der Waals surface area contributed by atoms with E-state index in [0.29, 0.717) is 22.8 Å². The number of rotatable bonds is 5. The number of hydrogen-bond donors (Lipinski definition) is 2. The number of anilines is 1. The summed E-state index contributed by atoms with van der Waals surface area (Å²) in [6, 6.07) is 12.0. The fraction of sp³-hybridized carbons (Fsp3) is 0.318. The minimum atomic E-state index is -0.635. The van der Waals surface area contributed by atoms with E-state index in [2.05, 4.69) is 25.4 Å². The third-order valence-electron chi connectivity index (χ3n) is 5.47. The van der Waals surface area contributed by atoms with Crippen molar-refractivity contribution in [2.75, 3.05) is 44.7 Å². The van der Waals surface area contributed by atoms with Gasteiger partial charge in [-0.15, -0.1) is 0 Å². The van der Waals surface area contributed by atoms with E-state index in [0.717, 1.165) is 37.6 Å². The van der Waals surface area contributed by atoms with E-state index >= 15 is 0 Å². The molecular weight excluding hydrogens is 418 g/mol. The second-order valence-electron chi connectivity index (χ2n) is 7.42. The number of methoxy groups -OCH3 is 1. The molecule has 2 N–H and O–H groups in total. The van der Waals surface area contributed by atoms with Gasteiger partial charge in [-0.25, -0.2) is 14.6 Å². The molecule has 1 atom stereocenters. The van der Waals surface area contributed by atoms with Crippen LogP contribution in [0.15, 0.2) is 59.9 Å².